The normalized spacial score (nSPS) is 17.5. The van der Waals surface area contributed by atoms with Crippen molar-refractivity contribution >= 4 is 0 Å². The maximum Gasteiger partial charge on any atom is 0.126 e. The average Bonchev–Trinajstić information content (AvgIpc) is 2.97. The van der Waals surface area contributed by atoms with Crippen LogP contribution in [0.3, 0.4) is 0 Å². The third-order valence-corrected chi connectivity index (χ3v) is 2.64. The monoisotopic (exact) mass is 209 g/mol. The van der Waals surface area contributed by atoms with E-state index in [0.29, 0.717) is 18.3 Å². The minimum Gasteiger partial charge on any atom is -0.493 e. The summed E-state index contributed by atoms with van der Waals surface area (Å²) in [6, 6.07) is 4.41. The lowest BCUT2D eigenvalue weighted by atomic mass is 10.1. The van der Waals surface area contributed by atoms with Gasteiger partial charge in [-0.1, -0.05) is 6.07 Å². The highest BCUT2D eigenvalue weighted by Gasteiger charge is 2.22. The molecule has 1 aliphatic rings. The van der Waals surface area contributed by atoms with Crippen molar-refractivity contribution in [3.8, 4) is 5.75 Å². The number of nitrogens with two attached hydrogens (primary N) is 1. The molecule has 0 saturated heterocycles. The van der Waals surface area contributed by atoms with Crippen LogP contribution < -0.4 is 10.5 Å². The molecule has 1 aromatic rings. The van der Waals surface area contributed by atoms with Gasteiger partial charge in [0.15, 0.2) is 0 Å². The lowest BCUT2D eigenvalue weighted by Crippen LogP contribution is -2.09. The van der Waals surface area contributed by atoms with Gasteiger partial charge in [0.1, 0.15) is 11.6 Å². The zero-order valence-electron chi connectivity index (χ0n) is 8.87. The summed E-state index contributed by atoms with van der Waals surface area (Å²) in [6.07, 6.45) is 2.45. The first kappa shape index (κ1) is 10.4. The zero-order valence-corrected chi connectivity index (χ0v) is 8.87. The van der Waals surface area contributed by atoms with E-state index in [9.17, 15) is 4.39 Å². The Labute approximate surface area is 89.2 Å². The van der Waals surface area contributed by atoms with E-state index >= 15 is 0 Å². The fraction of sp³-hybridized carbons (Fsp3) is 0.500. The largest absolute Gasteiger partial charge is 0.493 e. The number of halogens is 1. The molecular formula is C12H16FNO. The quantitative estimate of drug-likeness (QED) is 0.827. The molecule has 3 heteroatoms. The standard InChI is InChI=1S/C12H16FNO/c1-8(14)11-5-4-10(13)6-12(11)15-7-9-2-3-9/h4-6,8-9H,2-3,7,14H2,1H3/t8-/m1/s1. The van der Waals surface area contributed by atoms with Gasteiger partial charge in [0, 0.05) is 17.7 Å². The number of benzene rings is 1. The molecule has 0 aliphatic heterocycles. The van der Waals surface area contributed by atoms with Gasteiger partial charge in [-0.2, -0.15) is 0 Å². The molecule has 0 unspecified atom stereocenters. The highest BCUT2D eigenvalue weighted by Crippen LogP contribution is 2.31. The predicted molar refractivity (Wildman–Crippen MR) is 57.2 cm³/mol. The Morgan fingerprint density at radius 3 is 2.87 bits per heavy atom. The summed E-state index contributed by atoms with van der Waals surface area (Å²) < 4.78 is 18.6. The van der Waals surface area contributed by atoms with Gasteiger partial charge >= 0.3 is 0 Å². The molecule has 1 saturated carbocycles. The van der Waals surface area contributed by atoms with Crippen LogP contribution in [0.15, 0.2) is 18.2 Å². The first-order valence-electron chi connectivity index (χ1n) is 5.34. The van der Waals surface area contributed by atoms with Gasteiger partial charge in [-0.3, -0.25) is 0 Å². The van der Waals surface area contributed by atoms with Gasteiger partial charge in [0.25, 0.3) is 0 Å². The molecule has 82 valence electrons. The molecule has 1 atom stereocenters. The highest BCUT2D eigenvalue weighted by atomic mass is 19.1. The summed E-state index contributed by atoms with van der Waals surface area (Å²) in [6.45, 7) is 2.56. The predicted octanol–water partition coefficient (Wildman–Crippen LogP) is 2.63. The topological polar surface area (TPSA) is 35.2 Å². The van der Waals surface area contributed by atoms with Crippen LogP contribution in [0.5, 0.6) is 5.75 Å². The van der Waals surface area contributed by atoms with Gasteiger partial charge in [-0.15, -0.1) is 0 Å². The fourth-order valence-corrected chi connectivity index (χ4v) is 1.50. The van der Waals surface area contributed by atoms with E-state index in [1.54, 1.807) is 6.07 Å². The average molecular weight is 209 g/mol. The van der Waals surface area contributed by atoms with Crippen molar-refractivity contribution in [1.82, 2.24) is 0 Å². The van der Waals surface area contributed by atoms with Crippen LogP contribution >= 0.6 is 0 Å². The van der Waals surface area contributed by atoms with E-state index in [-0.39, 0.29) is 11.9 Å². The van der Waals surface area contributed by atoms with Crippen molar-refractivity contribution < 1.29 is 9.13 Å². The second-order valence-electron chi connectivity index (χ2n) is 4.23. The molecule has 0 aromatic heterocycles. The van der Waals surface area contributed by atoms with E-state index in [2.05, 4.69) is 0 Å². The summed E-state index contributed by atoms with van der Waals surface area (Å²) in [7, 11) is 0. The molecule has 0 radical (unpaired) electrons. The van der Waals surface area contributed by atoms with E-state index in [0.717, 1.165) is 5.56 Å². The van der Waals surface area contributed by atoms with Crippen LogP contribution in [0.4, 0.5) is 4.39 Å². The van der Waals surface area contributed by atoms with Gasteiger partial charge in [-0.25, -0.2) is 4.39 Å². The zero-order chi connectivity index (χ0) is 10.8. The molecule has 2 N–H and O–H groups in total. The minimum atomic E-state index is -0.273. The van der Waals surface area contributed by atoms with Gasteiger partial charge in [0.05, 0.1) is 6.61 Å². The lowest BCUT2D eigenvalue weighted by Gasteiger charge is -2.13. The van der Waals surface area contributed by atoms with Crippen LogP contribution in [-0.2, 0) is 0 Å². The van der Waals surface area contributed by atoms with Crippen LogP contribution in [0.1, 0.15) is 31.4 Å². The summed E-state index contributed by atoms with van der Waals surface area (Å²) in [5.74, 6) is 0.983. The Kier molecular flexibility index (Phi) is 2.91. The first-order chi connectivity index (χ1) is 7.16. The highest BCUT2D eigenvalue weighted by molar-refractivity contribution is 5.36. The van der Waals surface area contributed by atoms with Crippen molar-refractivity contribution in [3.05, 3.63) is 29.6 Å². The summed E-state index contributed by atoms with van der Waals surface area (Å²) in [5.41, 5.74) is 6.66. The van der Waals surface area contributed by atoms with Crippen molar-refractivity contribution in [1.29, 1.82) is 0 Å². The number of ether oxygens (including phenoxy) is 1. The summed E-state index contributed by atoms with van der Waals surface area (Å²) in [4.78, 5) is 0. The third kappa shape index (κ3) is 2.69. The molecule has 0 amide bonds. The molecule has 1 aliphatic carbocycles. The maximum absolute atomic E-state index is 13.0. The van der Waals surface area contributed by atoms with Crippen LogP contribution in [0, 0.1) is 11.7 Å². The fourth-order valence-electron chi connectivity index (χ4n) is 1.50. The molecular weight excluding hydrogens is 193 g/mol. The number of hydrogen-bond donors (Lipinski definition) is 1. The number of rotatable bonds is 4. The van der Waals surface area contributed by atoms with E-state index in [1.165, 1.54) is 25.0 Å². The van der Waals surface area contributed by atoms with Gasteiger partial charge in [0.2, 0.25) is 0 Å². The smallest absolute Gasteiger partial charge is 0.126 e. The summed E-state index contributed by atoms with van der Waals surface area (Å²) in [5, 5.41) is 0. The molecule has 0 spiro atoms. The van der Waals surface area contributed by atoms with Crippen LogP contribution in [0.25, 0.3) is 0 Å². The first-order valence-corrected chi connectivity index (χ1v) is 5.34. The summed E-state index contributed by atoms with van der Waals surface area (Å²) >= 11 is 0. The van der Waals surface area contributed by atoms with Crippen molar-refractivity contribution in [3.63, 3.8) is 0 Å². The molecule has 1 fully saturated rings. The third-order valence-electron chi connectivity index (χ3n) is 2.64. The van der Waals surface area contributed by atoms with Crippen LogP contribution in [-0.4, -0.2) is 6.61 Å². The molecule has 0 heterocycles. The van der Waals surface area contributed by atoms with Crippen LogP contribution in [0.2, 0.25) is 0 Å². The Hall–Kier alpha value is -1.09. The molecule has 2 nitrogen and oxygen atoms in total. The molecule has 15 heavy (non-hydrogen) atoms. The Morgan fingerprint density at radius 1 is 1.53 bits per heavy atom. The molecule has 2 rings (SSSR count). The SMILES string of the molecule is C[C@@H](N)c1ccc(F)cc1OCC1CC1. The molecule has 0 bridgehead atoms. The van der Waals surface area contributed by atoms with Gasteiger partial charge < -0.3 is 10.5 Å². The second-order valence-corrected chi connectivity index (χ2v) is 4.23. The lowest BCUT2D eigenvalue weighted by molar-refractivity contribution is 0.294. The van der Waals surface area contributed by atoms with Crippen molar-refractivity contribution in [2.24, 2.45) is 11.7 Å². The van der Waals surface area contributed by atoms with Crippen molar-refractivity contribution in [2.45, 2.75) is 25.8 Å². The number of hydrogen-bond acceptors (Lipinski definition) is 2. The van der Waals surface area contributed by atoms with E-state index in [4.69, 9.17) is 10.5 Å². The Bertz CT molecular complexity index is 347. The van der Waals surface area contributed by atoms with Gasteiger partial charge in [-0.05, 0) is 31.7 Å². The molecule has 1 aromatic carbocycles. The second kappa shape index (κ2) is 4.19. The Balaban J connectivity index is 2.13. The minimum absolute atomic E-state index is 0.125. The Morgan fingerprint density at radius 2 is 2.27 bits per heavy atom. The van der Waals surface area contributed by atoms with E-state index in [1.807, 2.05) is 6.92 Å². The maximum atomic E-state index is 13.0. The van der Waals surface area contributed by atoms with Crippen molar-refractivity contribution in [2.75, 3.05) is 6.61 Å². The van der Waals surface area contributed by atoms with E-state index < -0.39 is 0 Å².